The highest BCUT2D eigenvalue weighted by molar-refractivity contribution is 5.36. The third-order valence-electron chi connectivity index (χ3n) is 4.27. The predicted molar refractivity (Wildman–Crippen MR) is 99.3 cm³/mol. The summed E-state index contributed by atoms with van der Waals surface area (Å²) in [5.41, 5.74) is 2.08. The number of alkyl halides is 2. The van der Waals surface area contributed by atoms with Gasteiger partial charge in [-0.05, 0) is 31.2 Å². The number of hydrogen-bond donors (Lipinski definition) is 0. The highest BCUT2D eigenvalue weighted by atomic mass is 19.3. The SMILES string of the molecule is Cc1nnn(-c2ccc(C(F)F)cc2)c1COc1ccc(-n2ccc(C#N)n2)nn1. The largest absolute Gasteiger partial charge is 0.470 e. The van der Waals surface area contributed by atoms with Gasteiger partial charge in [-0.3, -0.25) is 0 Å². The van der Waals surface area contributed by atoms with E-state index in [4.69, 9.17) is 10.00 Å². The topological polar surface area (TPSA) is 107 Å². The summed E-state index contributed by atoms with van der Waals surface area (Å²) in [6, 6.07) is 12.6. The Balaban J connectivity index is 1.49. The maximum atomic E-state index is 12.8. The maximum Gasteiger partial charge on any atom is 0.263 e. The minimum Gasteiger partial charge on any atom is -0.470 e. The molecule has 0 spiro atoms. The van der Waals surface area contributed by atoms with Crippen LogP contribution in [0.25, 0.3) is 11.5 Å². The summed E-state index contributed by atoms with van der Waals surface area (Å²) in [6.45, 7) is 1.87. The van der Waals surface area contributed by atoms with E-state index in [0.717, 1.165) is 0 Å². The number of ether oxygens (including phenoxy) is 1. The van der Waals surface area contributed by atoms with Gasteiger partial charge in [0.05, 0.1) is 11.4 Å². The van der Waals surface area contributed by atoms with E-state index < -0.39 is 6.43 Å². The van der Waals surface area contributed by atoms with Crippen LogP contribution in [0.2, 0.25) is 0 Å². The van der Waals surface area contributed by atoms with E-state index in [2.05, 4.69) is 25.6 Å². The molecule has 0 fully saturated rings. The van der Waals surface area contributed by atoms with Gasteiger partial charge in [0.2, 0.25) is 5.88 Å². The van der Waals surface area contributed by atoms with Gasteiger partial charge in [-0.15, -0.1) is 15.3 Å². The first-order valence-electron chi connectivity index (χ1n) is 8.77. The van der Waals surface area contributed by atoms with E-state index >= 15 is 0 Å². The van der Waals surface area contributed by atoms with Gasteiger partial charge in [-0.2, -0.15) is 10.4 Å². The number of benzene rings is 1. The highest BCUT2D eigenvalue weighted by Crippen LogP contribution is 2.21. The maximum absolute atomic E-state index is 12.8. The molecule has 4 rings (SSSR count). The van der Waals surface area contributed by atoms with Crippen molar-refractivity contribution in [3.8, 4) is 23.5 Å². The number of nitriles is 1. The lowest BCUT2D eigenvalue weighted by atomic mass is 10.2. The van der Waals surface area contributed by atoms with Crippen LogP contribution >= 0.6 is 0 Å². The molecule has 1 aromatic carbocycles. The fraction of sp³-hybridized carbons (Fsp3) is 0.158. The van der Waals surface area contributed by atoms with Crippen molar-refractivity contribution in [1.29, 1.82) is 5.26 Å². The molecule has 0 bridgehead atoms. The molecule has 0 saturated heterocycles. The number of hydrogen-bond acceptors (Lipinski definition) is 7. The van der Waals surface area contributed by atoms with Crippen molar-refractivity contribution in [2.45, 2.75) is 20.0 Å². The number of halogens is 2. The lowest BCUT2D eigenvalue weighted by Gasteiger charge is -2.09. The first-order chi connectivity index (χ1) is 14.5. The number of aryl methyl sites for hydroxylation is 1. The minimum atomic E-state index is -2.53. The molecule has 4 aromatic rings. The predicted octanol–water partition coefficient (Wildman–Crippen LogP) is 2.94. The van der Waals surface area contributed by atoms with Crippen molar-refractivity contribution in [2.75, 3.05) is 0 Å². The van der Waals surface area contributed by atoms with Crippen LogP contribution in [-0.4, -0.2) is 35.0 Å². The molecule has 0 radical (unpaired) electrons. The zero-order valence-electron chi connectivity index (χ0n) is 15.6. The molecular formula is C19H14F2N8O. The van der Waals surface area contributed by atoms with Gasteiger partial charge in [0.1, 0.15) is 18.4 Å². The third kappa shape index (κ3) is 3.83. The molecule has 3 aromatic heterocycles. The van der Waals surface area contributed by atoms with E-state index in [1.807, 2.05) is 6.07 Å². The zero-order valence-corrected chi connectivity index (χ0v) is 15.6. The zero-order chi connectivity index (χ0) is 21.1. The van der Waals surface area contributed by atoms with Crippen molar-refractivity contribution in [3.05, 3.63) is 71.3 Å². The first kappa shape index (κ1) is 19.1. The minimum absolute atomic E-state index is 0.0668. The van der Waals surface area contributed by atoms with Crippen LogP contribution in [0.15, 0.2) is 48.7 Å². The Morgan fingerprint density at radius 2 is 1.87 bits per heavy atom. The normalized spacial score (nSPS) is 10.9. The van der Waals surface area contributed by atoms with Crippen LogP contribution in [0.4, 0.5) is 8.78 Å². The number of rotatable bonds is 6. The molecule has 9 nitrogen and oxygen atoms in total. The van der Waals surface area contributed by atoms with Gasteiger partial charge in [0, 0.05) is 17.8 Å². The Morgan fingerprint density at radius 1 is 1.07 bits per heavy atom. The summed E-state index contributed by atoms with van der Waals surface area (Å²) in [6.07, 6.45) is -0.926. The van der Waals surface area contributed by atoms with Crippen LogP contribution in [-0.2, 0) is 6.61 Å². The molecule has 0 aliphatic rings. The van der Waals surface area contributed by atoms with Crippen molar-refractivity contribution >= 4 is 0 Å². The van der Waals surface area contributed by atoms with Crippen LogP contribution in [0.1, 0.15) is 29.1 Å². The molecule has 0 N–H and O–H groups in total. The Kier molecular flexibility index (Phi) is 5.13. The Morgan fingerprint density at radius 3 is 2.50 bits per heavy atom. The third-order valence-corrected chi connectivity index (χ3v) is 4.27. The van der Waals surface area contributed by atoms with E-state index in [1.54, 1.807) is 43.5 Å². The standard InChI is InChI=1S/C19H14F2N8O/c1-12-16(29(27-23-12)15-4-2-13(3-5-15)19(20)21)11-30-18-7-6-17(24-25-18)28-9-8-14(10-22)26-28/h2-9,19H,11H2,1H3. The molecule has 0 amide bonds. The molecular weight excluding hydrogens is 394 g/mol. The number of nitrogens with zero attached hydrogens (tertiary/aromatic N) is 8. The summed E-state index contributed by atoms with van der Waals surface area (Å²) >= 11 is 0. The van der Waals surface area contributed by atoms with Gasteiger partial charge >= 0.3 is 0 Å². The molecule has 0 aliphatic carbocycles. The highest BCUT2D eigenvalue weighted by Gasteiger charge is 2.14. The lowest BCUT2D eigenvalue weighted by Crippen LogP contribution is -2.08. The van der Waals surface area contributed by atoms with E-state index in [1.165, 1.54) is 21.5 Å². The molecule has 0 atom stereocenters. The van der Waals surface area contributed by atoms with Gasteiger partial charge in [-0.1, -0.05) is 17.3 Å². The first-order valence-corrected chi connectivity index (χ1v) is 8.77. The Labute approximate surface area is 169 Å². The molecule has 30 heavy (non-hydrogen) atoms. The molecule has 0 saturated carbocycles. The molecule has 11 heteroatoms. The van der Waals surface area contributed by atoms with Crippen molar-refractivity contribution in [2.24, 2.45) is 0 Å². The Hall–Kier alpha value is -4.20. The second kappa shape index (κ2) is 8.04. The number of aromatic nitrogens is 7. The lowest BCUT2D eigenvalue weighted by molar-refractivity contribution is 0.151. The van der Waals surface area contributed by atoms with E-state index in [-0.39, 0.29) is 23.7 Å². The van der Waals surface area contributed by atoms with Crippen LogP contribution in [0, 0.1) is 18.3 Å². The average Bonchev–Trinajstić information content (AvgIpc) is 3.39. The summed E-state index contributed by atoms with van der Waals surface area (Å²) in [5.74, 6) is 0.706. The Bertz CT molecular complexity index is 1190. The monoisotopic (exact) mass is 408 g/mol. The van der Waals surface area contributed by atoms with Crippen molar-refractivity contribution in [1.82, 2.24) is 35.0 Å². The van der Waals surface area contributed by atoms with Gasteiger partial charge in [0.15, 0.2) is 11.5 Å². The van der Waals surface area contributed by atoms with Gasteiger partial charge in [-0.25, -0.2) is 18.1 Å². The van der Waals surface area contributed by atoms with E-state index in [0.29, 0.717) is 22.9 Å². The smallest absolute Gasteiger partial charge is 0.263 e. The summed E-state index contributed by atoms with van der Waals surface area (Å²) in [4.78, 5) is 0. The van der Waals surface area contributed by atoms with Gasteiger partial charge < -0.3 is 4.74 Å². The second-order valence-electron chi connectivity index (χ2n) is 6.20. The van der Waals surface area contributed by atoms with Crippen LogP contribution < -0.4 is 4.74 Å². The average molecular weight is 408 g/mol. The quantitative estimate of drug-likeness (QED) is 0.483. The fourth-order valence-corrected chi connectivity index (χ4v) is 2.68. The summed E-state index contributed by atoms with van der Waals surface area (Å²) in [5, 5.41) is 29.0. The molecule has 150 valence electrons. The summed E-state index contributed by atoms with van der Waals surface area (Å²) in [7, 11) is 0. The van der Waals surface area contributed by atoms with Crippen LogP contribution in [0.5, 0.6) is 5.88 Å². The summed E-state index contributed by atoms with van der Waals surface area (Å²) < 4.78 is 34.2. The van der Waals surface area contributed by atoms with E-state index in [9.17, 15) is 8.78 Å². The molecule has 3 heterocycles. The van der Waals surface area contributed by atoms with Crippen LogP contribution in [0.3, 0.4) is 0 Å². The molecule has 0 unspecified atom stereocenters. The van der Waals surface area contributed by atoms with Crippen molar-refractivity contribution < 1.29 is 13.5 Å². The molecule has 0 aliphatic heterocycles. The van der Waals surface area contributed by atoms with Gasteiger partial charge in [0.25, 0.3) is 6.43 Å². The van der Waals surface area contributed by atoms with Crippen molar-refractivity contribution in [3.63, 3.8) is 0 Å². The fourth-order valence-electron chi connectivity index (χ4n) is 2.68. The second-order valence-corrected chi connectivity index (χ2v) is 6.20.